The van der Waals surface area contributed by atoms with Gasteiger partial charge in [0.05, 0.1) is 0 Å². The van der Waals surface area contributed by atoms with Crippen LogP contribution >= 0.6 is 15.9 Å². The van der Waals surface area contributed by atoms with E-state index in [1.54, 1.807) is 12.3 Å². The summed E-state index contributed by atoms with van der Waals surface area (Å²) in [7, 11) is 0. The predicted octanol–water partition coefficient (Wildman–Crippen LogP) is 2.40. The van der Waals surface area contributed by atoms with Gasteiger partial charge in [-0.25, -0.2) is 4.98 Å². The van der Waals surface area contributed by atoms with E-state index in [9.17, 15) is 0 Å². The van der Waals surface area contributed by atoms with Gasteiger partial charge in [-0.1, -0.05) is 34.1 Å². The number of nitrogens with zero attached hydrogens (tertiary/aromatic N) is 2. The van der Waals surface area contributed by atoms with Gasteiger partial charge < -0.3 is 10.5 Å². The fourth-order valence-electron chi connectivity index (χ4n) is 1.18. The lowest BCUT2D eigenvalue weighted by Crippen LogP contribution is -2.01. The molecule has 0 spiro atoms. The smallest absolute Gasteiger partial charge is 0.318 e. The average molecular weight is 280 g/mol. The Morgan fingerprint density at radius 1 is 1.25 bits per heavy atom. The first-order chi connectivity index (χ1) is 7.75. The summed E-state index contributed by atoms with van der Waals surface area (Å²) >= 11 is 3.44. The highest BCUT2D eigenvalue weighted by molar-refractivity contribution is 9.10. The van der Waals surface area contributed by atoms with Gasteiger partial charge in [-0.05, 0) is 12.1 Å². The highest BCUT2D eigenvalue weighted by atomic mass is 79.9. The molecule has 1 heterocycles. The normalized spacial score (nSPS) is 10.1. The Bertz CT molecular complexity index is 490. The second kappa shape index (κ2) is 4.94. The predicted molar refractivity (Wildman–Crippen MR) is 64.9 cm³/mol. The molecule has 2 aromatic rings. The molecule has 0 aliphatic rings. The van der Waals surface area contributed by atoms with Gasteiger partial charge in [0.25, 0.3) is 0 Å². The molecule has 0 aliphatic carbocycles. The topological polar surface area (TPSA) is 61.0 Å². The molecular weight excluding hydrogens is 270 g/mol. The minimum atomic E-state index is 0.288. The monoisotopic (exact) mass is 279 g/mol. The van der Waals surface area contributed by atoms with E-state index in [1.807, 2.05) is 24.3 Å². The molecule has 0 unspecified atom stereocenters. The van der Waals surface area contributed by atoms with Crippen LogP contribution in [0.4, 0.5) is 5.82 Å². The maximum absolute atomic E-state index is 5.52. The molecule has 16 heavy (non-hydrogen) atoms. The molecule has 2 N–H and O–H groups in total. The summed E-state index contributed by atoms with van der Waals surface area (Å²) in [6.45, 7) is 0.408. The zero-order chi connectivity index (χ0) is 11.4. The van der Waals surface area contributed by atoms with E-state index in [1.165, 1.54) is 0 Å². The van der Waals surface area contributed by atoms with Crippen molar-refractivity contribution in [2.24, 2.45) is 0 Å². The number of nitrogens with two attached hydrogens (primary N) is 1. The number of nitrogen functional groups attached to an aromatic ring is 1. The molecular formula is C11H10BrN3O. The number of hydrogen-bond acceptors (Lipinski definition) is 4. The minimum absolute atomic E-state index is 0.288. The van der Waals surface area contributed by atoms with E-state index in [0.29, 0.717) is 12.4 Å². The van der Waals surface area contributed by atoms with Gasteiger partial charge in [-0.2, -0.15) is 4.98 Å². The van der Waals surface area contributed by atoms with Crippen LogP contribution in [0.3, 0.4) is 0 Å². The number of rotatable bonds is 3. The summed E-state index contributed by atoms with van der Waals surface area (Å²) in [6.07, 6.45) is 1.57. The maximum Gasteiger partial charge on any atom is 0.318 e. The molecule has 4 nitrogen and oxygen atoms in total. The molecule has 82 valence electrons. The van der Waals surface area contributed by atoms with E-state index in [-0.39, 0.29) is 6.01 Å². The highest BCUT2D eigenvalue weighted by Crippen LogP contribution is 2.17. The number of hydrogen-bond donors (Lipinski definition) is 1. The molecule has 2 rings (SSSR count). The third kappa shape index (κ3) is 2.70. The summed E-state index contributed by atoms with van der Waals surface area (Å²) in [4.78, 5) is 7.90. The van der Waals surface area contributed by atoms with Crippen LogP contribution in [-0.2, 0) is 6.61 Å². The van der Waals surface area contributed by atoms with Crippen molar-refractivity contribution in [1.29, 1.82) is 0 Å². The van der Waals surface area contributed by atoms with Gasteiger partial charge >= 0.3 is 6.01 Å². The van der Waals surface area contributed by atoms with Crippen molar-refractivity contribution < 1.29 is 4.74 Å². The quantitative estimate of drug-likeness (QED) is 0.937. The van der Waals surface area contributed by atoms with Crippen LogP contribution in [0.25, 0.3) is 0 Å². The van der Waals surface area contributed by atoms with Gasteiger partial charge in [0, 0.05) is 16.2 Å². The minimum Gasteiger partial charge on any atom is -0.458 e. The summed E-state index contributed by atoms with van der Waals surface area (Å²) in [6, 6.07) is 9.73. The molecule has 0 saturated carbocycles. The van der Waals surface area contributed by atoms with Crippen LogP contribution in [0.5, 0.6) is 6.01 Å². The lowest BCUT2D eigenvalue weighted by molar-refractivity contribution is 0.280. The van der Waals surface area contributed by atoms with Crippen LogP contribution in [0.2, 0.25) is 0 Å². The molecule has 0 aliphatic heterocycles. The van der Waals surface area contributed by atoms with Crippen LogP contribution in [0.15, 0.2) is 41.0 Å². The fraction of sp³-hybridized carbons (Fsp3) is 0.0909. The molecule has 0 fully saturated rings. The Balaban J connectivity index is 2.05. The lowest BCUT2D eigenvalue weighted by Gasteiger charge is -2.05. The van der Waals surface area contributed by atoms with E-state index in [2.05, 4.69) is 25.9 Å². The van der Waals surface area contributed by atoms with E-state index in [0.717, 1.165) is 10.0 Å². The second-order valence-corrected chi connectivity index (χ2v) is 4.00. The first-order valence-electron chi connectivity index (χ1n) is 4.70. The van der Waals surface area contributed by atoms with Crippen molar-refractivity contribution in [3.63, 3.8) is 0 Å². The van der Waals surface area contributed by atoms with Crippen LogP contribution in [0, 0.1) is 0 Å². The van der Waals surface area contributed by atoms with Gasteiger partial charge in [-0.15, -0.1) is 0 Å². The van der Waals surface area contributed by atoms with Crippen molar-refractivity contribution in [1.82, 2.24) is 9.97 Å². The third-order valence-electron chi connectivity index (χ3n) is 1.97. The van der Waals surface area contributed by atoms with Crippen LogP contribution in [-0.4, -0.2) is 9.97 Å². The molecule has 0 bridgehead atoms. The number of aromatic nitrogens is 2. The summed E-state index contributed by atoms with van der Waals surface area (Å²) in [5, 5.41) is 0. The first kappa shape index (κ1) is 10.9. The Morgan fingerprint density at radius 3 is 2.81 bits per heavy atom. The first-order valence-corrected chi connectivity index (χ1v) is 5.50. The van der Waals surface area contributed by atoms with Crippen LogP contribution < -0.4 is 10.5 Å². The Hall–Kier alpha value is -1.62. The maximum atomic E-state index is 5.52. The third-order valence-corrected chi connectivity index (χ3v) is 2.74. The standard InChI is InChI=1S/C11H10BrN3O/c12-9-4-2-1-3-8(9)7-16-11-14-6-5-10(13)15-11/h1-6H,7H2,(H2,13,14,15). The highest BCUT2D eigenvalue weighted by Gasteiger charge is 2.01. The van der Waals surface area contributed by atoms with Gasteiger partial charge in [0.2, 0.25) is 0 Å². The number of anilines is 1. The molecule has 0 saturated heterocycles. The molecule has 0 amide bonds. The van der Waals surface area contributed by atoms with Gasteiger partial charge in [0.1, 0.15) is 12.4 Å². The lowest BCUT2D eigenvalue weighted by atomic mass is 10.2. The summed E-state index contributed by atoms with van der Waals surface area (Å²) in [5.41, 5.74) is 6.55. The summed E-state index contributed by atoms with van der Waals surface area (Å²) < 4.78 is 6.42. The number of halogens is 1. The molecule has 1 aromatic carbocycles. The number of benzene rings is 1. The van der Waals surface area contributed by atoms with Crippen molar-refractivity contribution >= 4 is 21.7 Å². The number of ether oxygens (including phenoxy) is 1. The Labute approximate surface area is 102 Å². The Morgan fingerprint density at radius 2 is 2.06 bits per heavy atom. The second-order valence-electron chi connectivity index (χ2n) is 3.14. The zero-order valence-corrected chi connectivity index (χ0v) is 10.0. The molecule has 1 aromatic heterocycles. The largest absolute Gasteiger partial charge is 0.458 e. The van der Waals surface area contributed by atoms with E-state index in [4.69, 9.17) is 10.5 Å². The molecule has 0 radical (unpaired) electrons. The fourth-order valence-corrected chi connectivity index (χ4v) is 1.58. The average Bonchev–Trinajstić information content (AvgIpc) is 2.28. The van der Waals surface area contributed by atoms with Crippen molar-refractivity contribution in [2.45, 2.75) is 6.61 Å². The van der Waals surface area contributed by atoms with E-state index < -0.39 is 0 Å². The van der Waals surface area contributed by atoms with Crippen molar-refractivity contribution in [2.75, 3.05) is 5.73 Å². The zero-order valence-electron chi connectivity index (χ0n) is 8.43. The Kier molecular flexibility index (Phi) is 3.36. The van der Waals surface area contributed by atoms with Crippen LogP contribution in [0.1, 0.15) is 5.56 Å². The van der Waals surface area contributed by atoms with Crippen molar-refractivity contribution in [3.8, 4) is 6.01 Å². The van der Waals surface area contributed by atoms with Crippen molar-refractivity contribution in [3.05, 3.63) is 46.6 Å². The molecule has 0 atom stereocenters. The van der Waals surface area contributed by atoms with Gasteiger partial charge in [0.15, 0.2) is 0 Å². The van der Waals surface area contributed by atoms with E-state index >= 15 is 0 Å². The SMILES string of the molecule is Nc1ccnc(OCc2ccccc2Br)n1. The summed E-state index contributed by atoms with van der Waals surface area (Å²) in [5.74, 6) is 0.400. The molecule has 5 heteroatoms. The van der Waals surface area contributed by atoms with Gasteiger partial charge in [-0.3, -0.25) is 0 Å².